The van der Waals surface area contributed by atoms with Gasteiger partial charge in [-0.1, -0.05) is 24.3 Å². The summed E-state index contributed by atoms with van der Waals surface area (Å²) in [5, 5.41) is 2.54. The monoisotopic (exact) mass is 442 g/mol. The quantitative estimate of drug-likeness (QED) is 0.467. The Morgan fingerprint density at radius 3 is 2.74 bits per heavy atom. The van der Waals surface area contributed by atoms with Crippen LogP contribution in [0.4, 0.5) is 4.39 Å². The number of hydrogen-bond acceptors (Lipinski definition) is 6. The summed E-state index contributed by atoms with van der Waals surface area (Å²) in [5.74, 6) is -0.540. The molecular formula is C23H23FN2O4S. The first-order valence-electron chi connectivity index (χ1n) is 9.77. The van der Waals surface area contributed by atoms with Crippen LogP contribution >= 0.6 is 11.3 Å². The highest BCUT2D eigenvalue weighted by atomic mass is 32.1. The molecule has 3 rings (SSSR count). The Labute approximate surface area is 184 Å². The number of rotatable bonds is 9. The van der Waals surface area contributed by atoms with Gasteiger partial charge in [0.15, 0.2) is 6.61 Å². The molecule has 0 bridgehead atoms. The molecule has 31 heavy (non-hydrogen) atoms. The number of benzene rings is 2. The number of esters is 1. The highest BCUT2D eigenvalue weighted by Crippen LogP contribution is 2.32. The topological polar surface area (TPSA) is 68.7 Å². The highest BCUT2D eigenvalue weighted by Gasteiger charge is 2.16. The second-order valence-corrected chi connectivity index (χ2v) is 7.65. The third-order valence-electron chi connectivity index (χ3n) is 4.39. The van der Waals surface area contributed by atoms with Crippen molar-refractivity contribution in [2.75, 3.05) is 20.3 Å². The van der Waals surface area contributed by atoms with Gasteiger partial charge in [-0.2, -0.15) is 0 Å². The Hall–Kier alpha value is -3.26. The maximum atomic E-state index is 13.3. The number of amides is 1. The molecule has 162 valence electrons. The van der Waals surface area contributed by atoms with E-state index in [9.17, 15) is 14.0 Å². The minimum Gasteiger partial charge on any atom is -0.493 e. The van der Waals surface area contributed by atoms with Gasteiger partial charge in [0.05, 0.1) is 24.3 Å². The Morgan fingerprint density at radius 1 is 1.16 bits per heavy atom. The van der Waals surface area contributed by atoms with Crippen LogP contribution in [0.3, 0.4) is 0 Å². The van der Waals surface area contributed by atoms with E-state index in [1.54, 1.807) is 24.6 Å². The standard InChI is InChI=1S/C23H23FN2O4S/c1-3-29-20-10-5-4-9-19(20)23-25-18(15-31-23)12-22(28)30-14-21(27)26(2)13-16-7-6-8-17(24)11-16/h4-11,15H,3,12-14H2,1-2H3. The van der Waals surface area contributed by atoms with E-state index in [1.807, 2.05) is 31.2 Å². The van der Waals surface area contributed by atoms with Gasteiger partial charge < -0.3 is 14.4 Å². The van der Waals surface area contributed by atoms with Crippen LogP contribution < -0.4 is 4.74 Å². The second kappa shape index (κ2) is 10.7. The Kier molecular flexibility index (Phi) is 7.72. The maximum Gasteiger partial charge on any atom is 0.312 e. The van der Waals surface area contributed by atoms with Crippen molar-refractivity contribution in [2.45, 2.75) is 19.9 Å². The van der Waals surface area contributed by atoms with Crippen molar-refractivity contribution in [3.8, 4) is 16.3 Å². The van der Waals surface area contributed by atoms with Crippen molar-refractivity contribution in [1.82, 2.24) is 9.88 Å². The number of nitrogens with zero attached hydrogens (tertiary/aromatic N) is 2. The minimum atomic E-state index is -0.539. The smallest absolute Gasteiger partial charge is 0.312 e. The lowest BCUT2D eigenvalue weighted by Crippen LogP contribution is -2.31. The first-order chi connectivity index (χ1) is 15.0. The summed E-state index contributed by atoms with van der Waals surface area (Å²) >= 11 is 1.41. The van der Waals surface area contributed by atoms with E-state index in [2.05, 4.69) is 4.98 Å². The number of ether oxygens (including phenoxy) is 2. The largest absolute Gasteiger partial charge is 0.493 e. The number of carbonyl (C=O) groups excluding carboxylic acids is 2. The Morgan fingerprint density at radius 2 is 1.97 bits per heavy atom. The second-order valence-electron chi connectivity index (χ2n) is 6.79. The van der Waals surface area contributed by atoms with Crippen molar-refractivity contribution < 1.29 is 23.5 Å². The molecule has 1 heterocycles. The molecule has 0 radical (unpaired) electrons. The molecule has 2 aromatic carbocycles. The third kappa shape index (κ3) is 6.36. The van der Waals surface area contributed by atoms with Gasteiger partial charge in [-0.3, -0.25) is 9.59 Å². The molecule has 0 atom stereocenters. The molecule has 0 aliphatic rings. The van der Waals surface area contributed by atoms with Gasteiger partial charge in [0, 0.05) is 19.0 Å². The van der Waals surface area contributed by atoms with Crippen LogP contribution in [0.1, 0.15) is 18.2 Å². The molecule has 0 saturated carbocycles. The van der Waals surface area contributed by atoms with Crippen molar-refractivity contribution in [2.24, 2.45) is 0 Å². The van der Waals surface area contributed by atoms with E-state index in [0.717, 1.165) is 16.3 Å². The SMILES string of the molecule is CCOc1ccccc1-c1nc(CC(=O)OCC(=O)N(C)Cc2cccc(F)c2)cs1. The van der Waals surface area contributed by atoms with Crippen molar-refractivity contribution in [3.63, 3.8) is 0 Å². The maximum absolute atomic E-state index is 13.3. The number of halogens is 1. The van der Waals surface area contributed by atoms with Gasteiger partial charge in [0.2, 0.25) is 0 Å². The van der Waals surface area contributed by atoms with E-state index >= 15 is 0 Å². The van der Waals surface area contributed by atoms with Crippen molar-refractivity contribution >= 4 is 23.2 Å². The molecule has 0 aliphatic heterocycles. The summed E-state index contributed by atoms with van der Waals surface area (Å²) < 4.78 is 24.0. The van der Waals surface area contributed by atoms with Crippen LogP contribution in [0.2, 0.25) is 0 Å². The molecule has 0 unspecified atom stereocenters. The van der Waals surface area contributed by atoms with Gasteiger partial charge >= 0.3 is 5.97 Å². The van der Waals surface area contributed by atoms with Gasteiger partial charge in [0.1, 0.15) is 16.6 Å². The fourth-order valence-corrected chi connectivity index (χ4v) is 3.73. The first-order valence-corrected chi connectivity index (χ1v) is 10.6. The summed E-state index contributed by atoms with van der Waals surface area (Å²) in [7, 11) is 1.57. The highest BCUT2D eigenvalue weighted by molar-refractivity contribution is 7.13. The van der Waals surface area contributed by atoms with E-state index in [0.29, 0.717) is 17.9 Å². The fraction of sp³-hybridized carbons (Fsp3) is 0.261. The molecule has 0 N–H and O–H groups in total. The Balaban J connectivity index is 1.52. The fourth-order valence-electron chi connectivity index (χ4n) is 2.89. The van der Waals surface area contributed by atoms with Gasteiger partial charge in [-0.05, 0) is 36.8 Å². The van der Waals surface area contributed by atoms with Crippen LogP contribution in [-0.2, 0) is 27.3 Å². The molecule has 6 nitrogen and oxygen atoms in total. The zero-order valence-electron chi connectivity index (χ0n) is 17.3. The van der Waals surface area contributed by atoms with Crippen LogP contribution in [0, 0.1) is 5.82 Å². The molecule has 0 saturated heterocycles. The minimum absolute atomic E-state index is 0.0335. The number of hydrogen-bond donors (Lipinski definition) is 0. The van der Waals surface area contributed by atoms with Gasteiger partial charge in [-0.25, -0.2) is 9.37 Å². The molecule has 0 fully saturated rings. The zero-order valence-corrected chi connectivity index (χ0v) is 18.2. The van der Waals surface area contributed by atoms with E-state index in [-0.39, 0.29) is 31.3 Å². The molecule has 1 aromatic heterocycles. The van der Waals surface area contributed by atoms with Gasteiger partial charge in [0.25, 0.3) is 5.91 Å². The average molecular weight is 443 g/mol. The molecule has 1 amide bonds. The predicted molar refractivity (Wildman–Crippen MR) is 116 cm³/mol. The summed E-state index contributed by atoms with van der Waals surface area (Å²) in [6, 6.07) is 13.6. The lowest BCUT2D eigenvalue weighted by atomic mass is 10.2. The molecule has 8 heteroatoms. The van der Waals surface area contributed by atoms with E-state index in [4.69, 9.17) is 9.47 Å². The normalized spacial score (nSPS) is 10.5. The summed E-state index contributed by atoms with van der Waals surface area (Å²) in [6.45, 7) is 2.30. The van der Waals surface area contributed by atoms with Crippen molar-refractivity contribution in [3.05, 3.63) is 71.0 Å². The zero-order chi connectivity index (χ0) is 22.2. The molecule has 0 aliphatic carbocycles. The number of para-hydroxylation sites is 1. The predicted octanol–water partition coefficient (Wildman–Crippen LogP) is 4.09. The number of likely N-dealkylation sites (N-methyl/N-ethyl adjacent to an activating group) is 1. The number of carbonyl (C=O) groups is 2. The molecule has 3 aromatic rings. The number of thiazole rings is 1. The lowest BCUT2D eigenvalue weighted by molar-refractivity contribution is -0.151. The third-order valence-corrected chi connectivity index (χ3v) is 5.31. The Bertz CT molecular complexity index is 1050. The van der Waals surface area contributed by atoms with Crippen molar-refractivity contribution in [1.29, 1.82) is 0 Å². The van der Waals surface area contributed by atoms with Gasteiger partial charge in [-0.15, -0.1) is 11.3 Å². The first kappa shape index (κ1) is 22.4. The van der Waals surface area contributed by atoms with E-state index in [1.165, 1.54) is 28.4 Å². The molecular weight excluding hydrogens is 419 g/mol. The van der Waals surface area contributed by atoms with Crippen LogP contribution in [0.15, 0.2) is 53.9 Å². The lowest BCUT2D eigenvalue weighted by Gasteiger charge is -2.17. The van der Waals surface area contributed by atoms with E-state index < -0.39 is 5.97 Å². The summed E-state index contributed by atoms with van der Waals surface area (Å²) in [4.78, 5) is 30.2. The van der Waals surface area contributed by atoms with Crippen LogP contribution in [0.5, 0.6) is 5.75 Å². The molecule has 0 spiro atoms. The van der Waals surface area contributed by atoms with Crippen LogP contribution in [0.25, 0.3) is 10.6 Å². The van der Waals surface area contributed by atoms with Crippen LogP contribution in [-0.4, -0.2) is 42.0 Å². The average Bonchev–Trinajstić information content (AvgIpc) is 3.21. The summed E-state index contributed by atoms with van der Waals surface area (Å²) in [5.41, 5.74) is 2.09. The number of aromatic nitrogens is 1. The summed E-state index contributed by atoms with van der Waals surface area (Å²) in [6.07, 6.45) is -0.0335.